The molecule has 0 saturated heterocycles. The summed E-state index contributed by atoms with van der Waals surface area (Å²) in [6.45, 7) is 4.01. The number of pyridine rings is 1. The number of hydrogen-bond donors (Lipinski definition) is 1. The second-order valence-corrected chi connectivity index (χ2v) is 9.93. The normalized spacial score (nSPS) is 11.8. The SMILES string of the molecule is Cc1ccc(Nc2ccc3c4c2C(=O)c2ccccc2-c4c(C(=O)OCc2cccc(C)c2)c(=O)n3C)cc1. The number of aryl methyl sites for hydroxylation is 3. The molecule has 6 nitrogen and oxygen atoms in total. The predicted octanol–water partition coefficient (Wildman–Crippen LogP) is 6.47. The molecule has 0 saturated carbocycles. The van der Waals surface area contributed by atoms with Gasteiger partial charge in [0.05, 0.1) is 16.8 Å². The predicted molar refractivity (Wildman–Crippen MR) is 153 cm³/mol. The Kier molecular flexibility index (Phi) is 5.88. The topological polar surface area (TPSA) is 77.4 Å². The van der Waals surface area contributed by atoms with E-state index in [1.807, 2.05) is 74.5 Å². The molecule has 0 atom stereocenters. The van der Waals surface area contributed by atoms with Crippen LogP contribution in [0.1, 0.15) is 43.0 Å². The van der Waals surface area contributed by atoms with E-state index in [4.69, 9.17) is 4.74 Å². The van der Waals surface area contributed by atoms with Crippen molar-refractivity contribution in [2.45, 2.75) is 20.5 Å². The van der Waals surface area contributed by atoms with Gasteiger partial charge in [0.1, 0.15) is 12.2 Å². The highest BCUT2D eigenvalue weighted by molar-refractivity contribution is 6.29. The van der Waals surface area contributed by atoms with Crippen molar-refractivity contribution in [3.05, 3.63) is 129 Å². The highest BCUT2D eigenvalue weighted by atomic mass is 16.5. The number of hydrogen-bond acceptors (Lipinski definition) is 5. The molecule has 0 fully saturated rings. The number of anilines is 2. The van der Waals surface area contributed by atoms with Gasteiger partial charge in [0.15, 0.2) is 5.78 Å². The highest BCUT2D eigenvalue weighted by Gasteiger charge is 2.34. The Morgan fingerprint density at radius 1 is 0.821 bits per heavy atom. The molecule has 0 spiro atoms. The average molecular weight is 515 g/mol. The van der Waals surface area contributed by atoms with E-state index in [2.05, 4.69) is 5.32 Å². The van der Waals surface area contributed by atoms with Crippen LogP contribution < -0.4 is 10.9 Å². The van der Waals surface area contributed by atoms with E-state index in [-0.39, 0.29) is 18.0 Å². The fourth-order valence-electron chi connectivity index (χ4n) is 5.28. The fourth-order valence-corrected chi connectivity index (χ4v) is 5.28. The summed E-state index contributed by atoms with van der Waals surface area (Å²) in [6.07, 6.45) is 0. The van der Waals surface area contributed by atoms with Crippen LogP contribution in [-0.4, -0.2) is 16.3 Å². The van der Waals surface area contributed by atoms with Gasteiger partial charge in [-0.3, -0.25) is 9.59 Å². The first-order valence-corrected chi connectivity index (χ1v) is 12.7. The van der Waals surface area contributed by atoms with Crippen LogP contribution in [-0.2, 0) is 18.4 Å². The van der Waals surface area contributed by atoms with Crippen LogP contribution in [0.4, 0.5) is 11.4 Å². The molecule has 1 aliphatic carbocycles. The summed E-state index contributed by atoms with van der Waals surface area (Å²) in [5.74, 6) is -0.892. The first kappa shape index (κ1) is 24.4. The lowest BCUT2D eigenvalue weighted by molar-refractivity contribution is 0.0471. The fraction of sp³-hybridized carbons (Fsp3) is 0.121. The highest BCUT2D eigenvalue weighted by Crippen LogP contribution is 2.43. The van der Waals surface area contributed by atoms with Gasteiger partial charge in [0, 0.05) is 29.2 Å². The van der Waals surface area contributed by atoms with Crippen LogP contribution in [0.2, 0.25) is 0 Å². The van der Waals surface area contributed by atoms with Gasteiger partial charge >= 0.3 is 5.97 Å². The first-order valence-electron chi connectivity index (χ1n) is 12.7. The number of fused-ring (bicyclic) bond motifs is 2. The minimum Gasteiger partial charge on any atom is -0.457 e. The standard InChI is InChI=1S/C33H26N2O4/c1-19-11-13-22(14-12-19)34-25-15-16-26-29-27(23-9-4-5-10-24(23)31(36)28(25)29)30(32(37)35(26)3)33(38)39-18-21-8-6-7-20(2)17-21/h4-17,34H,18H2,1-3H3. The van der Waals surface area contributed by atoms with E-state index in [1.165, 1.54) is 4.57 Å². The van der Waals surface area contributed by atoms with Gasteiger partial charge in [-0.1, -0.05) is 71.8 Å². The summed E-state index contributed by atoms with van der Waals surface area (Å²) >= 11 is 0. The summed E-state index contributed by atoms with van der Waals surface area (Å²) < 4.78 is 7.11. The van der Waals surface area contributed by atoms with Crippen LogP contribution in [0, 0.1) is 13.8 Å². The number of rotatable bonds is 5. The Morgan fingerprint density at radius 3 is 2.31 bits per heavy atom. The van der Waals surface area contributed by atoms with Gasteiger partial charge in [-0.25, -0.2) is 4.79 Å². The van der Waals surface area contributed by atoms with Crippen molar-refractivity contribution in [1.29, 1.82) is 0 Å². The van der Waals surface area contributed by atoms with Crippen molar-refractivity contribution < 1.29 is 14.3 Å². The van der Waals surface area contributed by atoms with Crippen molar-refractivity contribution in [3.8, 4) is 11.1 Å². The zero-order valence-corrected chi connectivity index (χ0v) is 21.9. The summed E-state index contributed by atoms with van der Waals surface area (Å²) in [5, 5.41) is 3.93. The van der Waals surface area contributed by atoms with Crippen molar-refractivity contribution in [3.63, 3.8) is 0 Å². The van der Waals surface area contributed by atoms with Gasteiger partial charge in [0.2, 0.25) is 0 Å². The van der Waals surface area contributed by atoms with Crippen molar-refractivity contribution in [2.75, 3.05) is 5.32 Å². The number of benzene rings is 4. The van der Waals surface area contributed by atoms with Gasteiger partial charge in [-0.05, 0) is 49.2 Å². The summed E-state index contributed by atoms with van der Waals surface area (Å²) in [4.78, 5) is 41.2. The van der Waals surface area contributed by atoms with E-state index in [0.717, 1.165) is 22.4 Å². The van der Waals surface area contributed by atoms with E-state index in [0.29, 0.717) is 38.8 Å². The number of carbonyl (C=O) groups excluding carboxylic acids is 2. The molecule has 0 bridgehead atoms. The summed E-state index contributed by atoms with van der Waals surface area (Å²) in [7, 11) is 1.61. The van der Waals surface area contributed by atoms with Gasteiger partial charge in [-0.15, -0.1) is 0 Å². The molecule has 5 aromatic rings. The van der Waals surface area contributed by atoms with E-state index in [1.54, 1.807) is 31.3 Å². The van der Waals surface area contributed by atoms with Crippen molar-refractivity contribution >= 4 is 34.0 Å². The minimum absolute atomic E-state index is 0.0313. The number of nitrogens with one attached hydrogen (secondary N) is 1. The monoisotopic (exact) mass is 514 g/mol. The molecule has 0 amide bonds. The quantitative estimate of drug-likeness (QED) is 0.267. The largest absolute Gasteiger partial charge is 0.457 e. The molecule has 6 heteroatoms. The second-order valence-electron chi connectivity index (χ2n) is 9.93. The van der Waals surface area contributed by atoms with Crippen LogP contribution in [0.5, 0.6) is 0 Å². The molecule has 39 heavy (non-hydrogen) atoms. The Bertz CT molecular complexity index is 1870. The zero-order valence-electron chi connectivity index (χ0n) is 21.9. The molecular weight excluding hydrogens is 488 g/mol. The first-order chi connectivity index (χ1) is 18.8. The van der Waals surface area contributed by atoms with Crippen LogP contribution in [0.15, 0.2) is 89.7 Å². The van der Waals surface area contributed by atoms with Gasteiger partial charge < -0.3 is 14.6 Å². The molecule has 4 aromatic carbocycles. The maximum Gasteiger partial charge on any atom is 0.344 e. The van der Waals surface area contributed by atoms with Crippen LogP contribution >= 0.6 is 0 Å². The number of ether oxygens (including phenoxy) is 1. The zero-order chi connectivity index (χ0) is 27.3. The number of ketones is 1. The van der Waals surface area contributed by atoms with Crippen molar-refractivity contribution in [1.82, 2.24) is 4.57 Å². The third-order valence-electron chi connectivity index (χ3n) is 7.22. The van der Waals surface area contributed by atoms with Crippen molar-refractivity contribution in [2.24, 2.45) is 7.05 Å². The Labute approximate surface area is 225 Å². The second kappa shape index (κ2) is 9.40. The minimum atomic E-state index is -0.721. The van der Waals surface area contributed by atoms with E-state index in [9.17, 15) is 14.4 Å². The molecule has 0 aliphatic heterocycles. The summed E-state index contributed by atoms with van der Waals surface area (Å²) in [5.41, 5.74) is 6.28. The maximum atomic E-state index is 13.9. The Hall–Kier alpha value is -4.97. The lowest BCUT2D eigenvalue weighted by Crippen LogP contribution is -2.29. The smallest absolute Gasteiger partial charge is 0.344 e. The summed E-state index contributed by atoms with van der Waals surface area (Å²) in [6, 6.07) is 26.3. The Morgan fingerprint density at radius 2 is 1.56 bits per heavy atom. The van der Waals surface area contributed by atoms with Crippen LogP contribution in [0.25, 0.3) is 22.0 Å². The molecule has 192 valence electrons. The molecule has 1 N–H and O–H groups in total. The van der Waals surface area contributed by atoms with Gasteiger partial charge in [-0.2, -0.15) is 0 Å². The molecule has 1 heterocycles. The molecule has 1 aromatic heterocycles. The molecule has 6 rings (SSSR count). The van der Waals surface area contributed by atoms with E-state index >= 15 is 0 Å². The number of carbonyl (C=O) groups is 2. The van der Waals surface area contributed by atoms with E-state index < -0.39 is 11.5 Å². The lowest BCUT2D eigenvalue weighted by Gasteiger charge is -2.25. The average Bonchev–Trinajstić information content (AvgIpc) is 2.94. The number of nitrogens with zero attached hydrogens (tertiary/aromatic N) is 1. The number of esters is 1. The van der Waals surface area contributed by atoms with Crippen LogP contribution in [0.3, 0.4) is 0 Å². The number of aromatic nitrogens is 1. The molecule has 1 aliphatic rings. The lowest BCUT2D eigenvalue weighted by atomic mass is 9.81. The third kappa shape index (κ3) is 4.10. The molecule has 0 radical (unpaired) electrons. The van der Waals surface area contributed by atoms with Gasteiger partial charge in [0.25, 0.3) is 5.56 Å². The third-order valence-corrected chi connectivity index (χ3v) is 7.22. The Balaban J connectivity index is 1.58. The molecular formula is C33H26N2O4. The molecule has 0 unspecified atom stereocenters. The maximum absolute atomic E-state index is 13.9.